The first-order chi connectivity index (χ1) is 11.5. The quantitative estimate of drug-likeness (QED) is 0.859. The minimum absolute atomic E-state index is 0.302. The lowest BCUT2D eigenvalue weighted by Crippen LogP contribution is -2.30. The van der Waals surface area contributed by atoms with Crippen LogP contribution in [-0.4, -0.2) is 18.6 Å². The van der Waals surface area contributed by atoms with Crippen LogP contribution in [0.2, 0.25) is 5.02 Å². The van der Waals surface area contributed by atoms with Gasteiger partial charge in [-0.15, -0.1) is 0 Å². The Morgan fingerprint density at radius 3 is 2.58 bits per heavy atom. The molecule has 0 saturated carbocycles. The number of nitrogens with one attached hydrogen (secondary N) is 1. The molecule has 0 spiro atoms. The topological polar surface area (TPSA) is 71.3 Å². The van der Waals surface area contributed by atoms with Gasteiger partial charge >= 0.3 is 0 Å². The summed E-state index contributed by atoms with van der Waals surface area (Å²) in [4.78, 5) is 12.2. The highest BCUT2D eigenvalue weighted by Gasteiger charge is 2.17. The van der Waals surface area contributed by atoms with Gasteiger partial charge in [-0.2, -0.15) is 5.26 Å². The molecule has 2 aromatic carbocycles. The van der Waals surface area contributed by atoms with Gasteiger partial charge in [0.05, 0.1) is 18.2 Å². The summed E-state index contributed by atoms with van der Waals surface area (Å²) < 4.78 is 11.2. The molecule has 1 atom stereocenters. The molecule has 5 nitrogen and oxygen atoms in total. The second kappa shape index (κ2) is 8.23. The van der Waals surface area contributed by atoms with E-state index in [9.17, 15) is 4.79 Å². The van der Waals surface area contributed by atoms with Gasteiger partial charge in [-0.1, -0.05) is 11.6 Å². The van der Waals surface area contributed by atoms with Gasteiger partial charge < -0.3 is 14.8 Å². The molecule has 0 aliphatic heterocycles. The Labute approximate surface area is 145 Å². The van der Waals surface area contributed by atoms with Crippen LogP contribution in [0.3, 0.4) is 0 Å². The van der Waals surface area contributed by atoms with Gasteiger partial charge in [0.25, 0.3) is 5.91 Å². The lowest BCUT2D eigenvalue weighted by atomic mass is 10.2. The lowest BCUT2D eigenvalue weighted by molar-refractivity contribution is -0.122. The Bertz CT molecular complexity index is 754. The molecule has 2 rings (SSSR count). The lowest BCUT2D eigenvalue weighted by Gasteiger charge is -2.17. The van der Waals surface area contributed by atoms with E-state index in [1.54, 1.807) is 49.4 Å². The fourth-order valence-corrected chi connectivity index (χ4v) is 2.09. The minimum Gasteiger partial charge on any atom is -0.490 e. The first-order valence-electron chi connectivity index (χ1n) is 7.43. The Morgan fingerprint density at radius 2 is 1.96 bits per heavy atom. The van der Waals surface area contributed by atoms with Crippen LogP contribution in [-0.2, 0) is 4.79 Å². The number of carbonyl (C=O) groups is 1. The van der Waals surface area contributed by atoms with Crippen molar-refractivity contribution in [1.29, 1.82) is 5.26 Å². The summed E-state index contributed by atoms with van der Waals surface area (Å²) in [5.41, 5.74) is 1.09. The van der Waals surface area contributed by atoms with Crippen molar-refractivity contribution in [3.63, 3.8) is 0 Å². The minimum atomic E-state index is -0.743. The second-order valence-corrected chi connectivity index (χ2v) is 5.40. The van der Waals surface area contributed by atoms with Gasteiger partial charge in [0.2, 0.25) is 0 Å². The van der Waals surface area contributed by atoms with Gasteiger partial charge in [-0.25, -0.2) is 0 Å². The van der Waals surface area contributed by atoms with Crippen molar-refractivity contribution in [2.24, 2.45) is 0 Å². The molecule has 0 radical (unpaired) electrons. The number of nitrogens with zero attached hydrogens (tertiary/aromatic N) is 1. The summed E-state index contributed by atoms with van der Waals surface area (Å²) in [5.74, 6) is 0.543. The second-order valence-electron chi connectivity index (χ2n) is 4.96. The zero-order valence-electron chi connectivity index (χ0n) is 13.4. The van der Waals surface area contributed by atoms with Crippen molar-refractivity contribution in [2.45, 2.75) is 20.0 Å². The number of benzene rings is 2. The molecule has 24 heavy (non-hydrogen) atoms. The van der Waals surface area contributed by atoms with E-state index < -0.39 is 6.10 Å². The van der Waals surface area contributed by atoms with Crippen molar-refractivity contribution in [1.82, 2.24) is 0 Å². The standard InChI is InChI=1S/C18H17ClN2O3/c1-3-23-17-10-13(11-20)4-9-16(17)24-12(2)18(22)21-15-7-5-14(19)6-8-15/h4-10,12H,3H2,1-2H3,(H,21,22)/t12-/m0/s1. The van der Waals surface area contributed by atoms with Crippen LogP contribution in [0.25, 0.3) is 0 Å². The van der Waals surface area contributed by atoms with Crippen molar-refractivity contribution in [3.05, 3.63) is 53.1 Å². The van der Waals surface area contributed by atoms with Gasteiger partial charge in [-0.3, -0.25) is 4.79 Å². The molecule has 2 aromatic rings. The molecular formula is C18H17ClN2O3. The summed E-state index contributed by atoms with van der Waals surface area (Å²) in [6.45, 7) is 3.90. The average Bonchev–Trinajstić information content (AvgIpc) is 2.58. The molecule has 0 aliphatic carbocycles. The Hall–Kier alpha value is -2.71. The number of rotatable bonds is 6. The van der Waals surface area contributed by atoms with Gasteiger partial charge in [-0.05, 0) is 50.2 Å². The molecule has 0 unspecified atom stereocenters. The normalized spacial score (nSPS) is 11.2. The molecule has 1 amide bonds. The molecule has 1 N–H and O–H groups in total. The van der Waals surface area contributed by atoms with Crippen LogP contribution in [0.15, 0.2) is 42.5 Å². The zero-order chi connectivity index (χ0) is 17.5. The van der Waals surface area contributed by atoms with Gasteiger partial charge in [0.15, 0.2) is 17.6 Å². The highest BCUT2D eigenvalue weighted by Crippen LogP contribution is 2.29. The predicted octanol–water partition coefficient (Wildman–Crippen LogP) is 4.02. The number of halogens is 1. The zero-order valence-corrected chi connectivity index (χ0v) is 14.1. The third-order valence-corrected chi connectivity index (χ3v) is 3.41. The summed E-state index contributed by atoms with van der Waals surface area (Å²) in [6.07, 6.45) is -0.743. The Balaban J connectivity index is 2.08. The molecule has 0 aromatic heterocycles. The van der Waals surface area contributed by atoms with Crippen LogP contribution < -0.4 is 14.8 Å². The number of hydrogen-bond donors (Lipinski definition) is 1. The van der Waals surface area contributed by atoms with Gasteiger partial charge in [0.1, 0.15) is 0 Å². The molecule has 0 aliphatic rings. The van der Waals surface area contributed by atoms with Crippen molar-refractivity contribution in [2.75, 3.05) is 11.9 Å². The van der Waals surface area contributed by atoms with Crippen LogP contribution in [0.5, 0.6) is 11.5 Å². The molecule has 6 heteroatoms. The first kappa shape index (κ1) is 17.6. The van der Waals surface area contributed by atoms with E-state index >= 15 is 0 Å². The Morgan fingerprint density at radius 1 is 1.25 bits per heavy atom. The monoisotopic (exact) mass is 344 g/mol. The average molecular weight is 345 g/mol. The Kier molecular flexibility index (Phi) is 6.05. The highest BCUT2D eigenvalue weighted by molar-refractivity contribution is 6.30. The van der Waals surface area contributed by atoms with Gasteiger partial charge in [0, 0.05) is 16.8 Å². The van der Waals surface area contributed by atoms with E-state index in [1.807, 2.05) is 13.0 Å². The van der Waals surface area contributed by atoms with E-state index in [-0.39, 0.29) is 5.91 Å². The summed E-state index contributed by atoms with van der Waals surface area (Å²) in [6, 6.07) is 13.7. The largest absolute Gasteiger partial charge is 0.490 e. The van der Waals surface area contributed by atoms with E-state index in [2.05, 4.69) is 5.32 Å². The van der Waals surface area contributed by atoms with Crippen LogP contribution in [0.1, 0.15) is 19.4 Å². The summed E-state index contributed by atoms with van der Waals surface area (Å²) in [7, 11) is 0. The predicted molar refractivity (Wildman–Crippen MR) is 92.5 cm³/mol. The van der Waals surface area contributed by atoms with Crippen molar-refractivity contribution in [3.8, 4) is 17.6 Å². The number of carbonyl (C=O) groups excluding carboxylic acids is 1. The smallest absolute Gasteiger partial charge is 0.265 e. The summed E-state index contributed by atoms with van der Waals surface area (Å²) in [5, 5.41) is 12.3. The maximum atomic E-state index is 12.2. The van der Waals surface area contributed by atoms with Crippen LogP contribution >= 0.6 is 11.6 Å². The van der Waals surface area contributed by atoms with E-state index in [0.717, 1.165) is 0 Å². The number of ether oxygens (including phenoxy) is 2. The maximum Gasteiger partial charge on any atom is 0.265 e. The highest BCUT2D eigenvalue weighted by atomic mass is 35.5. The van der Waals surface area contributed by atoms with Crippen molar-refractivity contribution >= 4 is 23.2 Å². The third-order valence-electron chi connectivity index (χ3n) is 3.16. The van der Waals surface area contributed by atoms with E-state index in [4.69, 9.17) is 26.3 Å². The first-order valence-corrected chi connectivity index (χ1v) is 7.81. The third kappa shape index (κ3) is 4.64. The van der Waals surface area contributed by atoms with Crippen LogP contribution in [0.4, 0.5) is 5.69 Å². The molecule has 124 valence electrons. The fourth-order valence-electron chi connectivity index (χ4n) is 1.96. The van der Waals surface area contributed by atoms with E-state index in [1.165, 1.54) is 0 Å². The molecule has 0 fully saturated rings. The number of hydrogen-bond acceptors (Lipinski definition) is 4. The summed E-state index contributed by atoms with van der Waals surface area (Å²) >= 11 is 5.82. The SMILES string of the molecule is CCOc1cc(C#N)ccc1O[C@@H](C)C(=O)Nc1ccc(Cl)cc1. The molecular weight excluding hydrogens is 328 g/mol. The fraction of sp³-hybridized carbons (Fsp3) is 0.222. The van der Waals surface area contributed by atoms with E-state index in [0.29, 0.717) is 34.4 Å². The maximum absolute atomic E-state index is 12.2. The van der Waals surface area contributed by atoms with Crippen LogP contribution in [0, 0.1) is 11.3 Å². The number of amides is 1. The van der Waals surface area contributed by atoms with Crippen molar-refractivity contribution < 1.29 is 14.3 Å². The molecule has 0 bridgehead atoms. The number of nitriles is 1. The number of anilines is 1. The molecule has 0 saturated heterocycles. The molecule has 0 heterocycles.